The van der Waals surface area contributed by atoms with Gasteiger partial charge >= 0.3 is 0 Å². The van der Waals surface area contributed by atoms with E-state index in [2.05, 4.69) is 40.9 Å². The van der Waals surface area contributed by atoms with Crippen LogP contribution in [0.3, 0.4) is 0 Å². The summed E-state index contributed by atoms with van der Waals surface area (Å²) in [7, 11) is 0. The lowest BCUT2D eigenvalue weighted by Gasteiger charge is -2.44. The first-order valence-electron chi connectivity index (χ1n) is 7.82. The van der Waals surface area contributed by atoms with Crippen molar-refractivity contribution in [1.82, 2.24) is 9.55 Å². The molecule has 0 unspecified atom stereocenters. The third-order valence-corrected chi connectivity index (χ3v) is 5.29. The van der Waals surface area contributed by atoms with Crippen LogP contribution in [0, 0.1) is 5.92 Å². The van der Waals surface area contributed by atoms with Gasteiger partial charge in [-0.25, -0.2) is 4.98 Å². The van der Waals surface area contributed by atoms with Gasteiger partial charge in [0.2, 0.25) is 0 Å². The van der Waals surface area contributed by atoms with Gasteiger partial charge < -0.3 is 4.57 Å². The quantitative estimate of drug-likeness (QED) is 0.809. The molecule has 0 bridgehead atoms. The van der Waals surface area contributed by atoms with Gasteiger partial charge in [0.1, 0.15) is 0 Å². The van der Waals surface area contributed by atoms with Gasteiger partial charge in [-0.05, 0) is 60.1 Å². The predicted molar refractivity (Wildman–Crippen MR) is 80.8 cm³/mol. The van der Waals surface area contributed by atoms with Crippen LogP contribution in [0.25, 0.3) is 0 Å². The molecule has 2 aliphatic rings. The fraction of sp³-hybridized carbons (Fsp3) is 0.500. The molecule has 1 aromatic heterocycles. The SMILES string of the molecule is C[C@@]12CCCc3cccc(c31)C[C@@H](Cn1ccnc1)C2. The van der Waals surface area contributed by atoms with E-state index >= 15 is 0 Å². The van der Waals surface area contributed by atoms with Crippen LogP contribution in [-0.2, 0) is 24.8 Å². The van der Waals surface area contributed by atoms with Crippen LogP contribution in [0.5, 0.6) is 0 Å². The average Bonchev–Trinajstić information content (AvgIpc) is 2.91. The Bertz CT molecular complexity index is 614. The Balaban J connectivity index is 1.70. The zero-order chi connectivity index (χ0) is 13.6. The van der Waals surface area contributed by atoms with Crippen molar-refractivity contribution in [2.24, 2.45) is 5.92 Å². The van der Waals surface area contributed by atoms with Crippen LogP contribution in [-0.4, -0.2) is 9.55 Å². The summed E-state index contributed by atoms with van der Waals surface area (Å²) in [5, 5.41) is 0. The maximum atomic E-state index is 4.18. The highest BCUT2D eigenvalue weighted by Crippen LogP contribution is 2.47. The molecule has 2 nitrogen and oxygen atoms in total. The molecule has 0 saturated heterocycles. The Kier molecular flexibility index (Phi) is 2.73. The zero-order valence-electron chi connectivity index (χ0n) is 12.2. The van der Waals surface area contributed by atoms with Crippen molar-refractivity contribution in [3.8, 4) is 0 Å². The lowest BCUT2D eigenvalue weighted by Crippen LogP contribution is -2.37. The summed E-state index contributed by atoms with van der Waals surface area (Å²) < 4.78 is 2.24. The maximum Gasteiger partial charge on any atom is 0.0945 e. The normalized spacial score (nSPS) is 28.1. The van der Waals surface area contributed by atoms with E-state index in [0.717, 1.165) is 12.5 Å². The van der Waals surface area contributed by atoms with E-state index < -0.39 is 0 Å². The first kappa shape index (κ1) is 12.2. The van der Waals surface area contributed by atoms with E-state index in [4.69, 9.17) is 0 Å². The second kappa shape index (κ2) is 4.47. The van der Waals surface area contributed by atoms with E-state index in [1.165, 1.54) is 32.1 Å². The smallest absolute Gasteiger partial charge is 0.0945 e. The molecule has 2 aliphatic carbocycles. The Morgan fingerprint density at radius 2 is 2.25 bits per heavy atom. The predicted octanol–water partition coefficient (Wildman–Crippen LogP) is 3.74. The summed E-state index contributed by atoms with van der Waals surface area (Å²) in [4.78, 5) is 4.18. The fourth-order valence-electron chi connectivity index (χ4n) is 4.65. The molecule has 0 saturated carbocycles. The van der Waals surface area contributed by atoms with Gasteiger partial charge in [-0.2, -0.15) is 0 Å². The van der Waals surface area contributed by atoms with Crippen LogP contribution in [0.2, 0.25) is 0 Å². The number of rotatable bonds is 2. The molecule has 0 aliphatic heterocycles. The highest BCUT2D eigenvalue weighted by atomic mass is 15.0. The highest BCUT2D eigenvalue weighted by Gasteiger charge is 2.39. The molecule has 0 N–H and O–H groups in total. The van der Waals surface area contributed by atoms with Gasteiger partial charge in [-0.15, -0.1) is 0 Å². The summed E-state index contributed by atoms with van der Waals surface area (Å²) in [5.41, 5.74) is 5.35. The first-order valence-corrected chi connectivity index (χ1v) is 7.82. The molecule has 2 heteroatoms. The van der Waals surface area contributed by atoms with Gasteiger partial charge in [-0.3, -0.25) is 0 Å². The average molecular weight is 266 g/mol. The minimum absolute atomic E-state index is 0.410. The number of hydrogen-bond donors (Lipinski definition) is 0. The lowest BCUT2D eigenvalue weighted by molar-refractivity contribution is 0.251. The molecule has 0 radical (unpaired) electrons. The molecule has 2 aromatic rings. The molecule has 2 atom stereocenters. The maximum absolute atomic E-state index is 4.18. The Morgan fingerprint density at radius 1 is 1.35 bits per heavy atom. The van der Waals surface area contributed by atoms with Gasteiger partial charge in [0.25, 0.3) is 0 Å². The van der Waals surface area contributed by atoms with Crippen molar-refractivity contribution in [2.45, 2.75) is 51.0 Å². The summed E-state index contributed by atoms with van der Waals surface area (Å²) in [6.45, 7) is 3.60. The summed E-state index contributed by atoms with van der Waals surface area (Å²) in [6.07, 6.45) is 12.5. The molecule has 1 heterocycles. The topological polar surface area (TPSA) is 17.8 Å². The van der Waals surface area contributed by atoms with Crippen molar-refractivity contribution in [1.29, 1.82) is 0 Å². The van der Waals surface area contributed by atoms with E-state index in [1.54, 1.807) is 16.7 Å². The molecule has 0 fully saturated rings. The molecular weight excluding hydrogens is 244 g/mol. The van der Waals surface area contributed by atoms with Crippen molar-refractivity contribution < 1.29 is 0 Å². The van der Waals surface area contributed by atoms with Crippen molar-refractivity contribution in [3.05, 3.63) is 53.6 Å². The van der Waals surface area contributed by atoms with E-state index in [1.807, 2.05) is 12.5 Å². The first-order chi connectivity index (χ1) is 9.74. The molecule has 20 heavy (non-hydrogen) atoms. The monoisotopic (exact) mass is 266 g/mol. The highest BCUT2D eigenvalue weighted by molar-refractivity contribution is 5.44. The molecule has 1 aromatic carbocycles. The van der Waals surface area contributed by atoms with Crippen LogP contribution in [0.15, 0.2) is 36.9 Å². The number of aromatic nitrogens is 2. The molecule has 4 rings (SSSR count). The van der Waals surface area contributed by atoms with Crippen molar-refractivity contribution >= 4 is 0 Å². The largest absolute Gasteiger partial charge is 0.337 e. The van der Waals surface area contributed by atoms with Crippen molar-refractivity contribution in [2.75, 3.05) is 0 Å². The summed E-state index contributed by atoms with van der Waals surface area (Å²) in [6, 6.07) is 6.98. The third-order valence-electron chi connectivity index (χ3n) is 5.29. The molecule has 0 amide bonds. The number of imidazole rings is 1. The minimum atomic E-state index is 0.410. The van der Waals surface area contributed by atoms with Crippen molar-refractivity contribution in [3.63, 3.8) is 0 Å². The molecule has 0 spiro atoms. The molecular formula is C18H22N2. The third kappa shape index (κ3) is 1.90. The second-order valence-corrected chi connectivity index (χ2v) is 6.90. The number of benzene rings is 1. The van der Waals surface area contributed by atoms with Crippen LogP contribution >= 0.6 is 0 Å². The van der Waals surface area contributed by atoms with Gasteiger partial charge in [0.15, 0.2) is 0 Å². The van der Waals surface area contributed by atoms with E-state index in [-0.39, 0.29) is 0 Å². The van der Waals surface area contributed by atoms with E-state index in [9.17, 15) is 0 Å². The Labute approximate surface area is 120 Å². The number of aryl methyl sites for hydroxylation is 1. The van der Waals surface area contributed by atoms with Gasteiger partial charge in [-0.1, -0.05) is 25.1 Å². The zero-order valence-corrected chi connectivity index (χ0v) is 12.2. The van der Waals surface area contributed by atoms with Gasteiger partial charge in [0.05, 0.1) is 6.33 Å². The van der Waals surface area contributed by atoms with Crippen LogP contribution in [0.1, 0.15) is 42.9 Å². The Hall–Kier alpha value is -1.57. The van der Waals surface area contributed by atoms with Crippen LogP contribution in [0.4, 0.5) is 0 Å². The summed E-state index contributed by atoms with van der Waals surface area (Å²) >= 11 is 0. The lowest BCUT2D eigenvalue weighted by atomic mass is 9.61. The van der Waals surface area contributed by atoms with E-state index in [0.29, 0.717) is 5.41 Å². The Morgan fingerprint density at radius 3 is 3.10 bits per heavy atom. The molecule has 104 valence electrons. The standard InChI is InChI=1S/C18H22N2/c1-18-7-3-6-15-4-2-5-16(17(15)18)10-14(11-18)12-20-9-8-19-13-20/h2,4-5,8-9,13-14H,3,6-7,10-12H2,1H3/t14-,18+/m1/s1. The summed E-state index contributed by atoms with van der Waals surface area (Å²) in [5.74, 6) is 0.745. The second-order valence-electron chi connectivity index (χ2n) is 6.90. The minimum Gasteiger partial charge on any atom is -0.337 e. The number of nitrogens with zero attached hydrogens (tertiary/aromatic N) is 2. The van der Waals surface area contributed by atoms with Crippen LogP contribution < -0.4 is 0 Å². The number of hydrogen-bond acceptors (Lipinski definition) is 1. The fourth-order valence-corrected chi connectivity index (χ4v) is 4.65. The van der Waals surface area contributed by atoms with Gasteiger partial charge in [0, 0.05) is 18.9 Å².